The summed E-state index contributed by atoms with van der Waals surface area (Å²) in [7, 11) is 0. The van der Waals surface area contributed by atoms with Gasteiger partial charge in [-0.1, -0.05) is 0 Å². The number of carboxylic acids is 1. The van der Waals surface area contributed by atoms with Crippen molar-refractivity contribution in [2.24, 2.45) is 0 Å². The molecule has 8 nitrogen and oxygen atoms in total. The molecule has 2 aromatic rings. The minimum absolute atomic E-state index is 0.0990. The molecule has 0 atom stereocenters. The predicted octanol–water partition coefficient (Wildman–Crippen LogP) is 1.63. The van der Waals surface area contributed by atoms with Crippen molar-refractivity contribution in [2.75, 3.05) is 10.6 Å². The molecule has 2 rings (SSSR count). The summed E-state index contributed by atoms with van der Waals surface area (Å²) < 4.78 is 0. The molecule has 23 heavy (non-hydrogen) atoms. The van der Waals surface area contributed by atoms with Crippen LogP contribution >= 0.6 is 0 Å². The van der Waals surface area contributed by atoms with Gasteiger partial charge in [-0.25, -0.2) is 14.8 Å². The van der Waals surface area contributed by atoms with Gasteiger partial charge < -0.3 is 15.7 Å². The van der Waals surface area contributed by atoms with Crippen LogP contribution in [-0.2, 0) is 4.79 Å². The maximum atomic E-state index is 12.0. The van der Waals surface area contributed by atoms with Gasteiger partial charge in [0, 0.05) is 24.3 Å². The molecular weight excluding hydrogens is 298 g/mol. The predicted molar refractivity (Wildman–Crippen MR) is 81.4 cm³/mol. The van der Waals surface area contributed by atoms with Gasteiger partial charge in [0.05, 0.1) is 5.56 Å². The smallest absolute Gasteiger partial charge is 0.335 e. The molecule has 3 N–H and O–H groups in total. The number of nitriles is 1. The van der Waals surface area contributed by atoms with Crippen molar-refractivity contribution < 1.29 is 14.7 Å². The van der Waals surface area contributed by atoms with Crippen molar-refractivity contribution in [3.63, 3.8) is 0 Å². The summed E-state index contributed by atoms with van der Waals surface area (Å²) in [5, 5.41) is 23.0. The molecule has 1 aromatic heterocycles. The second-order valence-corrected chi connectivity index (χ2v) is 4.22. The highest BCUT2D eigenvalue weighted by atomic mass is 16.4. The van der Waals surface area contributed by atoms with E-state index in [0.717, 1.165) is 0 Å². The van der Waals surface area contributed by atoms with Crippen LogP contribution in [0.25, 0.3) is 0 Å². The number of rotatable bonds is 5. The van der Waals surface area contributed by atoms with Crippen LogP contribution in [0.1, 0.15) is 10.4 Å². The van der Waals surface area contributed by atoms with Gasteiger partial charge in [0.2, 0.25) is 5.95 Å². The van der Waals surface area contributed by atoms with E-state index in [0.29, 0.717) is 5.69 Å². The Morgan fingerprint density at radius 1 is 1.17 bits per heavy atom. The topological polar surface area (TPSA) is 128 Å². The molecule has 0 aliphatic rings. The highest BCUT2D eigenvalue weighted by Crippen LogP contribution is 2.11. The number of carbonyl (C=O) groups is 2. The molecule has 8 heteroatoms. The lowest BCUT2D eigenvalue weighted by Gasteiger charge is -2.05. The summed E-state index contributed by atoms with van der Waals surface area (Å²) >= 11 is 0. The minimum atomic E-state index is -1.06. The molecule has 0 radical (unpaired) electrons. The first kappa shape index (κ1) is 15.7. The molecule has 0 spiro atoms. The van der Waals surface area contributed by atoms with E-state index in [1.165, 1.54) is 42.9 Å². The maximum Gasteiger partial charge on any atom is 0.335 e. The van der Waals surface area contributed by atoms with Crippen molar-refractivity contribution >= 4 is 23.5 Å². The van der Waals surface area contributed by atoms with Crippen LogP contribution in [0.3, 0.4) is 0 Å². The SMILES string of the molecule is N#C/C(=C/Nc1ncccn1)C(=O)Nc1ccc(C(=O)O)cc1. The second-order valence-electron chi connectivity index (χ2n) is 4.22. The first-order valence-corrected chi connectivity index (χ1v) is 6.38. The van der Waals surface area contributed by atoms with Gasteiger partial charge in [-0.2, -0.15) is 5.26 Å². The Kier molecular flexibility index (Phi) is 4.99. The Hall–Kier alpha value is -3.73. The van der Waals surface area contributed by atoms with Crippen LogP contribution in [0, 0.1) is 11.3 Å². The Morgan fingerprint density at radius 3 is 2.39 bits per heavy atom. The number of hydrogen-bond acceptors (Lipinski definition) is 6. The normalized spacial score (nSPS) is 10.5. The Balaban J connectivity index is 2.05. The third kappa shape index (κ3) is 4.37. The van der Waals surface area contributed by atoms with Crippen LogP contribution in [0.15, 0.2) is 54.5 Å². The summed E-state index contributed by atoms with van der Waals surface area (Å²) in [6.07, 6.45) is 4.22. The number of hydrogen-bond donors (Lipinski definition) is 3. The van der Waals surface area contributed by atoms with E-state index in [1.807, 2.05) is 0 Å². The zero-order valence-corrected chi connectivity index (χ0v) is 11.7. The monoisotopic (exact) mass is 309 g/mol. The third-order valence-corrected chi connectivity index (χ3v) is 2.67. The lowest BCUT2D eigenvalue weighted by atomic mass is 10.2. The highest BCUT2D eigenvalue weighted by Gasteiger charge is 2.10. The van der Waals surface area contributed by atoms with E-state index in [-0.39, 0.29) is 17.1 Å². The summed E-state index contributed by atoms with van der Waals surface area (Å²) in [6, 6.07) is 8.96. The van der Waals surface area contributed by atoms with Crippen molar-refractivity contribution in [1.29, 1.82) is 5.26 Å². The van der Waals surface area contributed by atoms with Crippen LogP contribution in [0.2, 0.25) is 0 Å². The molecule has 1 aromatic carbocycles. The Morgan fingerprint density at radius 2 is 1.83 bits per heavy atom. The van der Waals surface area contributed by atoms with Crippen LogP contribution in [-0.4, -0.2) is 27.0 Å². The number of benzene rings is 1. The average Bonchev–Trinajstić information content (AvgIpc) is 2.57. The van der Waals surface area contributed by atoms with E-state index in [4.69, 9.17) is 10.4 Å². The summed E-state index contributed by atoms with van der Waals surface area (Å²) in [5.74, 6) is -1.45. The third-order valence-electron chi connectivity index (χ3n) is 2.67. The average molecular weight is 309 g/mol. The lowest BCUT2D eigenvalue weighted by Crippen LogP contribution is -2.15. The highest BCUT2D eigenvalue weighted by molar-refractivity contribution is 6.06. The number of aromatic carboxylic acids is 1. The minimum Gasteiger partial charge on any atom is -0.478 e. The molecule has 0 bridgehead atoms. The fourth-order valence-corrected chi connectivity index (χ4v) is 1.55. The zero-order chi connectivity index (χ0) is 16.7. The van der Waals surface area contributed by atoms with Gasteiger partial charge >= 0.3 is 5.97 Å². The Labute approximate surface area is 131 Å². The fraction of sp³-hybridized carbons (Fsp3) is 0. The molecule has 0 saturated heterocycles. The molecule has 1 amide bonds. The van der Waals surface area contributed by atoms with Gasteiger partial charge in [-0.3, -0.25) is 4.79 Å². The number of carbonyl (C=O) groups excluding carboxylic acids is 1. The van der Waals surface area contributed by atoms with Crippen LogP contribution < -0.4 is 10.6 Å². The number of anilines is 2. The van der Waals surface area contributed by atoms with E-state index in [2.05, 4.69) is 20.6 Å². The first-order valence-electron chi connectivity index (χ1n) is 6.38. The molecule has 0 unspecified atom stereocenters. The quantitative estimate of drug-likeness (QED) is 0.565. The zero-order valence-electron chi connectivity index (χ0n) is 11.7. The molecule has 114 valence electrons. The van der Waals surface area contributed by atoms with E-state index >= 15 is 0 Å². The van der Waals surface area contributed by atoms with E-state index < -0.39 is 11.9 Å². The second kappa shape index (κ2) is 7.33. The number of aromatic nitrogens is 2. The van der Waals surface area contributed by atoms with Crippen LogP contribution in [0.4, 0.5) is 11.6 Å². The lowest BCUT2D eigenvalue weighted by molar-refractivity contribution is -0.112. The van der Waals surface area contributed by atoms with Crippen LogP contribution in [0.5, 0.6) is 0 Å². The van der Waals surface area contributed by atoms with E-state index in [9.17, 15) is 9.59 Å². The van der Waals surface area contributed by atoms with Crippen molar-refractivity contribution in [3.8, 4) is 6.07 Å². The van der Waals surface area contributed by atoms with Gasteiger partial charge in [0.15, 0.2) is 0 Å². The van der Waals surface area contributed by atoms with Gasteiger partial charge in [-0.15, -0.1) is 0 Å². The summed E-state index contributed by atoms with van der Waals surface area (Å²) in [6.45, 7) is 0. The van der Waals surface area contributed by atoms with Gasteiger partial charge in [-0.05, 0) is 30.3 Å². The van der Waals surface area contributed by atoms with Gasteiger partial charge in [0.25, 0.3) is 5.91 Å². The molecule has 0 fully saturated rings. The largest absolute Gasteiger partial charge is 0.478 e. The van der Waals surface area contributed by atoms with Crippen molar-refractivity contribution in [2.45, 2.75) is 0 Å². The maximum absolute atomic E-state index is 12.0. The molecule has 0 aliphatic carbocycles. The fourth-order valence-electron chi connectivity index (χ4n) is 1.55. The summed E-state index contributed by atoms with van der Waals surface area (Å²) in [4.78, 5) is 30.5. The number of amides is 1. The summed E-state index contributed by atoms with van der Waals surface area (Å²) in [5.41, 5.74) is 0.291. The first-order chi connectivity index (χ1) is 11.1. The van der Waals surface area contributed by atoms with Gasteiger partial charge in [0.1, 0.15) is 11.6 Å². The number of nitrogens with one attached hydrogen (secondary N) is 2. The Bertz CT molecular complexity index is 779. The molecule has 0 saturated carbocycles. The molecule has 1 heterocycles. The van der Waals surface area contributed by atoms with Crippen molar-refractivity contribution in [1.82, 2.24) is 9.97 Å². The van der Waals surface area contributed by atoms with E-state index in [1.54, 1.807) is 12.1 Å². The number of nitrogens with zero attached hydrogens (tertiary/aromatic N) is 3. The number of carboxylic acid groups (broad SMARTS) is 1. The molecule has 0 aliphatic heterocycles. The molecular formula is C15H11N5O3. The standard InChI is InChI=1S/C15H11N5O3/c16-8-11(9-19-15-17-6-1-7-18-15)13(21)20-12-4-2-10(3-5-12)14(22)23/h1-7,9H,(H,20,21)(H,22,23)(H,17,18,19)/b11-9-. The van der Waals surface area contributed by atoms with Crippen molar-refractivity contribution in [3.05, 3.63) is 60.1 Å².